The number of aryl methyl sites for hydroxylation is 1. The Morgan fingerprint density at radius 2 is 2.16 bits per heavy atom. The van der Waals surface area contributed by atoms with Crippen molar-refractivity contribution in [3.63, 3.8) is 0 Å². The average molecular weight is 327 g/mol. The van der Waals surface area contributed by atoms with E-state index in [1.807, 2.05) is 13.0 Å². The SMILES string of the molecule is CCc1nc(Br)cc(N2CCC(C(=O)NC)CC2)n1. The van der Waals surface area contributed by atoms with Crippen molar-refractivity contribution in [2.24, 2.45) is 5.92 Å². The summed E-state index contributed by atoms with van der Waals surface area (Å²) in [6.45, 7) is 3.78. The molecule has 5 nitrogen and oxygen atoms in total. The van der Waals surface area contributed by atoms with Gasteiger partial charge in [-0.05, 0) is 28.8 Å². The summed E-state index contributed by atoms with van der Waals surface area (Å²) in [5.74, 6) is 2.09. The predicted octanol–water partition coefficient (Wildman–Crippen LogP) is 1.76. The van der Waals surface area contributed by atoms with Gasteiger partial charge in [0.1, 0.15) is 16.2 Å². The average Bonchev–Trinajstić information content (AvgIpc) is 2.46. The Labute approximate surface area is 121 Å². The van der Waals surface area contributed by atoms with Gasteiger partial charge in [0.2, 0.25) is 5.91 Å². The zero-order valence-electron chi connectivity index (χ0n) is 11.3. The van der Waals surface area contributed by atoms with Crippen molar-refractivity contribution in [1.29, 1.82) is 0 Å². The molecule has 0 radical (unpaired) electrons. The monoisotopic (exact) mass is 326 g/mol. The summed E-state index contributed by atoms with van der Waals surface area (Å²) in [6.07, 6.45) is 2.58. The van der Waals surface area contributed by atoms with Crippen molar-refractivity contribution >= 4 is 27.7 Å². The largest absolute Gasteiger partial charge is 0.359 e. The lowest BCUT2D eigenvalue weighted by atomic mass is 9.96. The summed E-state index contributed by atoms with van der Waals surface area (Å²) in [5, 5.41) is 2.73. The Bertz CT molecular complexity index is 458. The number of amides is 1. The molecule has 0 aliphatic carbocycles. The van der Waals surface area contributed by atoms with E-state index in [0.717, 1.165) is 48.6 Å². The second kappa shape index (κ2) is 6.32. The van der Waals surface area contributed by atoms with Crippen LogP contribution in [0.5, 0.6) is 0 Å². The van der Waals surface area contributed by atoms with Crippen molar-refractivity contribution in [3.05, 3.63) is 16.5 Å². The van der Waals surface area contributed by atoms with Crippen molar-refractivity contribution in [2.75, 3.05) is 25.0 Å². The fourth-order valence-corrected chi connectivity index (χ4v) is 2.76. The minimum absolute atomic E-state index is 0.136. The first-order chi connectivity index (χ1) is 9.13. The maximum Gasteiger partial charge on any atom is 0.222 e. The number of anilines is 1. The molecule has 2 heterocycles. The number of rotatable bonds is 3. The van der Waals surface area contributed by atoms with E-state index in [1.165, 1.54) is 0 Å². The lowest BCUT2D eigenvalue weighted by Crippen LogP contribution is -2.40. The Balaban J connectivity index is 2.05. The predicted molar refractivity (Wildman–Crippen MR) is 78.1 cm³/mol. The topological polar surface area (TPSA) is 58.1 Å². The molecule has 0 spiro atoms. The Kier molecular flexibility index (Phi) is 4.74. The van der Waals surface area contributed by atoms with Crippen molar-refractivity contribution in [3.8, 4) is 0 Å². The third kappa shape index (κ3) is 3.43. The molecule has 1 amide bonds. The van der Waals surface area contributed by atoms with Crippen LogP contribution in [0, 0.1) is 5.92 Å². The summed E-state index contributed by atoms with van der Waals surface area (Å²) < 4.78 is 0.822. The van der Waals surface area contributed by atoms with Gasteiger partial charge in [-0.15, -0.1) is 0 Å². The van der Waals surface area contributed by atoms with Crippen LogP contribution in [0.25, 0.3) is 0 Å². The summed E-state index contributed by atoms with van der Waals surface area (Å²) in [5.41, 5.74) is 0. The van der Waals surface area contributed by atoms with Crippen LogP contribution in [0.4, 0.5) is 5.82 Å². The Morgan fingerprint density at radius 1 is 1.47 bits per heavy atom. The fourth-order valence-electron chi connectivity index (χ4n) is 2.35. The zero-order chi connectivity index (χ0) is 13.8. The molecule has 19 heavy (non-hydrogen) atoms. The van der Waals surface area contributed by atoms with Crippen molar-refractivity contribution in [1.82, 2.24) is 15.3 Å². The molecule has 1 aromatic rings. The first-order valence-electron chi connectivity index (χ1n) is 6.64. The molecule has 6 heteroatoms. The third-order valence-corrected chi connectivity index (χ3v) is 3.89. The van der Waals surface area contributed by atoms with Gasteiger partial charge in [-0.25, -0.2) is 9.97 Å². The molecule has 1 N–H and O–H groups in total. The summed E-state index contributed by atoms with van der Waals surface area (Å²) in [7, 11) is 1.70. The Morgan fingerprint density at radius 3 is 2.74 bits per heavy atom. The van der Waals surface area contributed by atoms with E-state index < -0.39 is 0 Å². The maximum absolute atomic E-state index is 11.6. The van der Waals surface area contributed by atoms with E-state index >= 15 is 0 Å². The van der Waals surface area contributed by atoms with Gasteiger partial charge in [0.05, 0.1) is 0 Å². The lowest BCUT2D eigenvalue weighted by molar-refractivity contribution is -0.125. The first-order valence-corrected chi connectivity index (χ1v) is 7.43. The highest BCUT2D eigenvalue weighted by atomic mass is 79.9. The molecular weight excluding hydrogens is 308 g/mol. The lowest BCUT2D eigenvalue weighted by Gasteiger charge is -2.32. The molecule has 1 aliphatic rings. The van der Waals surface area contributed by atoms with Gasteiger partial charge in [-0.1, -0.05) is 6.92 Å². The van der Waals surface area contributed by atoms with E-state index in [2.05, 4.69) is 36.1 Å². The van der Waals surface area contributed by atoms with Gasteiger partial charge >= 0.3 is 0 Å². The quantitative estimate of drug-likeness (QED) is 0.860. The summed E-state index contributed by atoms with van der Waals surface area (Å²) in [6, 6.07) is 1.94. The first kappa shape index (κ1) is 14.2. The van der Waals surface area contributed by atoms with Gasteiger partial charge < -0.3 is 10.2 Å². The normalized spacial score (nSPS) is 16.5. The molecule has 0 aromatic carbocycles. The standard InChI is InChI=1S/C13H19BrN4O/c1-3-11-16-10(14)8-12(17-11)18-6-4-9(5-7-18)13(19)15-2/h8-9H,3-7H2,1-2H3,(H,15,19). The molecule has 104 valence electrons. The highest BCUT2D eigenvalue weighted by Gasteiger charge is 2.25. The molecular formula is C13H19BrN4O. The minimum atomic E-state index is 0.136. The van der Waals surface area contributed by atoms with Gasteiger partial charge in [-0.3, -0.25) is 4.79 Å². The van der Waals surface area contributed by atoms with Crippen LogP contribution < -0.4 is 10.2 Å². The third-order valence-electron chi connectivity index (χ3n) is 3.48. The molecule has 1 fully saturated rings. The van der Waals surface area contributed by atoms with Gasteiger partial charge in [0.25, 0.3) is 0 Å². The highest BCUT2D eigenvalue weighted by molar-refractivity contribution is 9.10. The Hall–Kier alpha value is -1.17. The smallest absolute Gasteiger partial charge is 0.222 e. The molecule has 2 rings (SSSR count). The molecule has 0 bridgehead atoms. The number of carbonyl (C=O) groups excluding carboxylic acids is 1. The number of nitrogens with one attached hydrogen (secondary N) is 1. The van der Waals surface area contributed by atoms with Gasteiger partial charge in [0, 0.05) is 38.5 Å². The molecule has 0 saturated carbocycles. The van der Waals surface area contributed by atoms with E-state index in [1.54, 1.807) is 7.05 Å². The number of halogens is 1. The van der Waals surface area contributed by atoms with E-state index in [4.69, 9.17) is 0 Å². The number of aromatic nitrogens is 2. The minimum Gasteiger partial charge on any atom is -0.359 e. The number of carbonyl (C=O) groups is 1. The van der Waals surface area contributed by atoms with Crippen molar-refractivity contribution < 1.29 is 4.79 Å². The molecule has 1 aliphatic heterocycles. The van der Waals surface area contributed by atoms with Crippen LogP contribution in [0.15, 0.2) is 10.7 Å². The molecule has 1 aromatic heterocycles. The van der Waals surface area contributed by atoms with E-state index in [0.29, 0.717) is 0 Å². The molecule has 1 saturated heterocycles. The number of hydrogen-bond acceptors (Lipinski definition) is 4. The van der Waals surface area contributed by atoms with Crippen LogP contribution in [0.3, 0.4) is 0 Å². The summed E-state index contributed by atoms with van der Waals surface area (Å²) >= 11 is 3.42. The van der Waals surface area contributed by atoms with Crippen LogP contribution in [-0.4, -0.2) is 36.0 Å². The van der Waals surface area contributed by atoms with Gasteiger partial charge in [-0.2, -0.15) is 0 Å². The number of hydrogen-bond donors (Lipinski definition) is 1. The number of piperidine rings is 1. The van der Waals surface area contributed by atoms with Crippen LogP contribution in [-0.2, 0) is 11.2 Å². The fraction of sp³-hybridized carbons (Fsp3) is 0.615. The van der Waals surface area contributed by atoms with Crippen LogP contribution in [0.1, 0.15) is 25.6 Å². The van der Waals surface area contributed by atoms with E-state index in [9.17, 15) is 4.79 Å². The van der Waals surface area contributed by atoms with Crippen molar-refractivity contribution in [2.45, 2.75) is 26.2 Å². The van der Waals surface area contributed by atoms with Gasteiger partial charge in [0.15, 0.2) is 0 Å². The van der Waals surface area contributed by atoms with E-state index in [-0.39, 0.29) is 11.8 Å². The second-order valence-electron chi connectivity index (χ2n) is 4.69. The maximum atomic E-state index is 11.6. The van der Waals surface area contributed by atoms with Crippen LogP contribution in [0.2, 0.25) is 0 Å². The number of nitrogens with zero attached hydrogens (tertiary/aromatic N) is 3. The second-order valence-corrected chi connectivity index (χ2v) is 5.51. The van der Waals surface area contributed by atoms with Crippen LogP contribution >= 0.6 is 15.9 Å². The molecule has 0 unspecified atom stereocenters. The zero-order valence-corrected chi connectivity index (χ0v) is 12.9. The summed E-state index contributed by atoms with van der Waals surface area (Å²) in [4.78, 5) is 22.7. The molecule has 0 atom stereocenters. The highest BCUT2D eigenvalue weighted by Crippen LogP contribution is 2.23.